The first kappa shape index (κ1) is 34.6. The third-order valence-corrected chi connectivity index (χ3v) is 11.2. The molecule has 52 heavy (non-hydrogen) atoms. The molecule has 1 N–H and O–H groups in total. The number of methoxy groups -OCH3 is 1. The molecule has 3 saturated heterocycles. The third-order valence-electron chi connectivity index (χ3n) is 11.2. The molecule has 1 saturated carbocycles. The van der Waals surface area contributed by atoms with Crippen molar-refractivity contribution in [1.82, 2.24) is 30.0 Å². The molecule has 0 radical (unpaired) electrons. The molecule has 5 heterocycles. The summed E-state index contributed by atoms with van der Waals surface area (Å²) in [5, 5.41) is 8.67. The number of H-pyrrole nitrogens is 1. The lowest BCUT2D eigenvalue weighted by molar-refractivity contribution is -0.153. The number of carbonyl (C=O) groups is 1. The summed E-state index contributed by atoms with van der Waals surface area (Å²) >= 11 is 0. The van der Waals surface area contributed by atoms with E-state index in [0.29, 0.717) is 55.1 Å². The number of carbonyl (C=O) groups excluding carboxylic acids is 1. The number of piperidine rings is 2. The van der Waals surface area contributed by atoms with Crippen molar-refractivity contribution < 1.29 is 32.2 Å². The monoisotopic (exact) mass is 719 g/mol. The summed E-state index contributed by atoms with van der Waals surface area (Å²) in [5.41, 5.74) is 3.37. The number of fused-ring (bicyclic) bond motifs is 2. The first-order valence-corrected chi connectivity index (χ1v) is 18.2. The number of nitrogens with zero attached hydrogens (tertiary/aromatic N) is 6. The molecule has 276 valence electrons. The van der Waals surface area contributed by atoms with Crippen molar-refractivity contribution in [2.24, 2.45) is 5.41 Å². The molecule has 0 unspecified atom stereocenters. The number of nitrogens with one attached hydrogen (secondary N) is 1. The van der Waals surface area contributed by atoms with Gasteiger partial charge in [-0.15, -0.1) is 0 Å². The second-order valence-electron chi connectivity index (χ2n) is 14.7. The molecule has 8 rings (SSSR count). The molecule has 4 aliphatic rings. The molecular weight excluding hydrogens is 675 g/mol. The molecule has 1 spiro atoms. The van der Waals surface area contributed by atoms with E-state index in [4.69, 9.17) is 24.2 Å². The number of hydrogen-bond acceptors (Lipinski definition) is 9. The van der Waals surface area contributed by atoms with Gasteiger partial charge in [-0.05, 0) is 73.8 Å². The number of likely N-dealkylation sites (tertiary alicyclic amines) is 2. The van der Waals surface area contributed by atoms with Crippen molar-refractivity contribution in [3.8, 4) is 22.9 Å². The molecule has 4 fully saturated rings. The standard InChI is InChI=1S/C38H44F3N7O4/c1-3-31(49)48-21-37(22-48)11-15-47(16-12-37)35-28-19-27(24-7-8-24)32(26-5-4-6-30-29(26)20-42-45-30)34(51-23-38(39,40)41)33(28)43-36(44-35)52-25-9-13-46(14-10-25)17-18-50-2/h3-6,19-20,24-25H,1,7-18,21-23H2,2H3,(H,42,45). The first-order valence-electron chi connectivity index (χ1n) is 18.2. The quantitative estimate of drug-likeness (QED) is 0.184. The predicted molar refractivity (Wildman–Crippen MR) is 191 cm³/mol. The highest BCUT2D eigenvalue weighted by atomic mass is 19.4. The van der Waals surface area contributed by atoms with E-state index in [1.165, 1.54) is 6.08 Å². The highest BCUT2D eigenvalue weighted by Gasteiger charge is 2.46. The van der Waals surface area contributed by atoms with E-state index in [-0.39, 0.29) is 35.1 Å². The third kappa shape index (κ3) is 6.90. The van der Waals surface area contributed by atoms with E-state index >= 15 is 0 Å². The Morgan fingerprint density at radius 1 is 1.08 bits per heavy atom. The highest BCUT2D eigenvalue weighted by molar-refractivity contribution is 6.05. The van der Waals surface area contributed by atoms with Crippen molar-refractivity contribution in [3.63, 3.8) is 0 Å². The van der Waals surface area contributed by atoms with Crippen LogP contribution in [-0.2, 0) is 9.53 Å². The zero-order chi connectivity index (χ0) is 36.0. The SMILES string of the molecule is C=CC(=O)N1CC2(CCN(c3nc(OC4CCN(CCOC)CC4)nc4c(OCC(F)(F)F)c(-c5cccc6[nH]ncc56)c(C5CC5)cc34)CC2)C1. The number of benzene rings is 2. The minimum Gasteiger partial charge on any atom is -0.481 e. The zero-order valence-corrected chi connectivity index (χ0v) is 29.4. The van der Waals surface area contributed by atoms with Gasteiger partial charge in [-0.1, -0.05) is 18.7 Å². The van der Waals surface area contributed by atoms with Gasteiger partial charge >= 0.3 is 12.2 Å². The number of rotatable bonds is 11. The van der Waals surface area contributed by atoms with E-state index in [9.17, 15) is 18.0 Å². The van der Waals surface area contributed by atoms with Gasteiger partial charge in [-0.3, -0.25) is 9.89 Å². The smallest absolute Gasteiger partial charge is 0.422 e. The molecule has 2 aromatic carbocycles. The van der Waals surface area contributed by atoms with Gasteiger partial charge in [0, 0.05) is 74.7 Å². The van der Waals surface area contributed by atoms with E-state index < -0.39 is 12.8 Å². The Labute approximate surface area is 300 Å². The van der Waals surface area contributed by atoms with E-state index in [0.717, 1.165) is 80.2 Å². The van der Waals surface area contributed by atoms with E-state index in [2.05, 4.69) is 32.6 Å². The summed E-state index contributed by atoms with van der Waals surface area (Å²) in [4.78, 5) is 28.5. The van der Waals surface area contributed by atoms with Gasteiger partial charge in [0.05, 0.1) is 18.3 Å². The van der Waals surface area contributed by atoms with Crippen molar-refractivity contribution in [2.75, 3.05) is 71.0 Å². The molecule has 14 heteroatoms. The molecule has 3 aliphatic heterocycles. The Balaban J connectivity index is 1.23. The van der Waals surface area contributed by atoms with Gasteiger partial charge < -0.3 is 28.9 Å². The molecule has 0 atom stereocenters. The zero-order valence-electron chi connectivity index (χ0n) is 29.4. The summed E-state index contributed by atoms with van der Waals surface area (Å²) in [6.07, 6.45) is 3.40. The maximum Gasteiger partial charge on any atom is 0.422 e. The highest BCUT2D eigenvalue weighted by Crippen LogP contribution is 2.53. The number of aromatic nitrogens is 4. The Hall–Kier alpha value is -4.43. The maximum atomic E-state index is 14.0. The fourth-order valence-corrected chi connectivity index (χ4v) is 8.17. The molecule has 1 aliphatic carbocycles. The predicted octanol–water partition coefficient (Wildman–Crippen LogP) is 6.10. The largest absolute Gasteiger partial charge is 0.481 e. The molecule has 4 aromatic rings. The number of aromatic amines is 1. The van der Waals surface area contributed by atoms with Crippen molar-refractivity contribution in [1.29, 1.82) is 0 Å². The van der Waals surface area contributed by atoms with Crippen molar-refractivity contribution in [3.05, 3.63) is 48.7 Å². The number of hydrogen-bond donors (Lipinski definition) is 1. The normalized spacial score (nSPS) is 19.7. The number of alkyl halides is 3. The van der Waals surface area contributed by atoms with Crippen LogP contribution in [0.5, 0.6) is 11.8 Å². The van der Waals surface area contributed by atoms with Crippen LogP contribution in [0.4, 0.5) is 19.0 Å². The van der Waals surface area contributed by atoms with E-state index in [1.807, 2.05) is 23.1 Å². The topological polar surface area (TPSA) is 109 Å². The second-order valence-corrected chi connectivity index (χ2v) is 14.7. The summed E-state index contributed by atoms with van der Waals surface area (Å²) < 4.78 is 59.6. The number of halogens is 3. The Bertz CT molecular complexity index is 1960. The van der Waals surface area contributed by atoms with Gasteiger partial charge in [0.2, 0.25) is 5.91 Å². The summed E-state index contributed by atoms with van der Waals surface area (Å²) in [6.45, 7) is 8.05. The summed E-state index contributed by atoms with van der Waals surface area (Å²) in [7, 11) is 1.69. The lowest BCUT2D eigenvalue weighted by Gasteiger charge is -2.54. The number of anilines is 1. The minimum atomic E-state index is -4.57. The summed E-state index contributed by atoms with van der Waals surface area (Å²) in [5.74, 6) is 0.828. The van der Waals surface area contributed by atoms with Gasteiger partial charge in [0.15, 0.2) is 12.4 Å². The van der Waals surface area contributed by atoms with Crippen molar-refractivity contribution >= 4 is 33.5 Å². The number of ether oxygens (including phenoxy) is 3. The lowest BCUT2D eigenvalue weighted by atomic mass is 9.72. The van der Waals surface area contributed by atoms with Gasteiger partial charge in [-0.25, -0.2) is 0 Å². The molecule has 0 bridgehead atoms. The van der Waals surface area contributed by atoms with Crippen LogP contribution in [0.2, 0.25) is 0 Å². The van der Waals surface area contributed by atoms with Crippen LogP contribution in [0, 0.1) is 5.41 Å². The van der Waals surface area contributed by atoms with Crippen LogP contribution in [-0.4, -0.2) is 114 Å². The van der Waals surface area contributed by atoms with Crippen molar-refractivity contribution in [2.45, 2.75) is 56.7 Å². The van der Waals surface area contributed by atoms with Crippen LogP contribution in [0.3, 0.4) is 0 Å². The van der Waals surface area contributed by atoms with Gasteiger partial charge in [0.1, 0.15) is 17.4 Å². The Morgan fingerprint density at radius 2 is 1.85 bits per heavy atom. The van der Waals surface area contributed by atoms with Crippen LogP contribution >= 0.6 is 0 Å². The fourth-order valence-electron chi connectivity index (χ4n) is 8.17. The molecule has 11 nitrogen and oxygen atoms in total. The van der Waals surface area contributed by atoms with E-state index in [1.54, 1.807) is 13.3 Å². The lowest BCUT2D eigenvalue weighted by Crippen LogP contribution is -2.61. The average molecular weight is 720 g/mol. The number of amides is 1. The first-order chi connectivity index (χ1) is 25.1. The van der Waals surface area contributed by atoms with Gasteiger partial charge in [-0.2, -0.15) is 28.2 Å². The van der Waals surface area contributed by atoms with Crippen LogP contribution < -0.4 is 14.4 Å². The Morgan fingerprint density at radius 3 is 2.54 bits per heavy atom. The summed E-state index contributed by atoms with van der Waals surface area (Å²) in [6, 6.07) is 7.88. The molecule has 1 amide bonds. The average Bonchev–Trinajstić information content (AvgIpc) is 3.86. The maximum absolute atomic E-state index is 14.0. The molecule has 2 aromatic heterocycles. The van der Waals surface area contributed by atoms with Crippen LogP contribution in [0.25, 0.3) is 32.9 Å². The Kier molecular flexibility index (Phi) is 9.23. The van der Waals surface area contributed by atoms with Crippen LogP contribution in [0.15, 0.2) is 43.1 Å². The fraction of sp³-hybridized carbons (Fsp3) is 0.526. The van der Waals surface area contributed by atoms with Crippen LogP contribution in [0.1, 0.15) is 50.0 Å². The second kappa shape index (κ2) is 13.8. The molecular formula is C38H44F3N7O4. The minimum absolute atomic E-state index is 0.0325. The van der Waals surface area contributed by atoms with Gasteiger partial charge in [0.25, 0.3) is 0 Å².